The zero-order valence-corrected chi connectivity index (χ0v) is 13.1. The van der Waals surface area contributed by atoms with Crippen molar-refractivity contribution in [1.82, 2.24) is 4.98 Å². The summed E-state index contributed by atoms with van der Waals surface area (Å²) in [6.07, 6.45) is 3.97. The molecule has 5 heteroatoms. The Hall–Kier alpha value is -2.43. The van der Waals surface area contributed by atoms with Crippen LogP contribution in [0.2, 0.25) is 0 Å². The van der Waals surface area contributed by atoms with Gasteiger partial charge in [0.1, 0.15) is 11.5 Å². The van der Waals surface area contributed by atoms with Crippen molar-refractivity contribution in [3.05, 3.63) is 54.1 Å². The molecule has 1 fully saturated rings. The van der Waals surface area contributed by atoms with Crippen LogP contribution >= 0.6 is 0 Å². The Morgan fingerprint density at radius 2 is 2.04 bits per heavy atom. The van der Waals surface area contributed by atoms with Crippen LogP contribution in [0, 0.1) is 11.7 Å². The molecule has 1 aromatic carbocycles. The number of aromatic nitrogens is 1. The van der Waals surface area contributed by atoms with E-state index in [1.54, 1.807) is 24.4 Å². The Bertz CT molecular complexity index is 696. The molecule has 23 heavy (non-hydrogen) atoms. The topological polar surface area (TPSA) is 45.2 Å². The molecule has 1 aliphatic rings. The zero-order chi connectivity index (χ0) is 16.2. The minimum atomic E-state index is -0.382. The summed E-state index contributed by atoms with van der Waals surface area (Å²) >= 11 is 0. The summed E-state index contributed by atoms with van der Waals surface area (Å²) in [4.78, 5) is 18.7. The van der Waals surface area contributed by atoms with E-state index in [2.05, 4.69) is 22.1 Å². The van der Waals surface area contributed by atoms with Crippen LogP contribution in [0.3, 0.4) is 0 Å². The molecule has 1 aromatic heterocycles. The number of amides is 1. The second-order valence-corrected chi connectivity index (χ2v) is 6.03. The van der Waals surface area contributed by atoms with Crippen molar-refractivity contribution in [2.45, 2.75) is 19.8 Å². The lowest BCUT2D eigenvalue weighted by atomic mass is 9.99. The number of halogens is 1. The number of carbonyl (C=O) groups is 1. The third-order valence-electron chi connectivity index (χ3n) is 4.21. The van der Waals surface area contributed by atoms with Crippen LogP contribution in [0.1, 0.15) is 30.3 Å². The summed E-state index contributed by atoms with van der Waals surface area (Å²) < 4.78 is 13.2. The summed E-state index contributed by atoms with van der Waals surface area (Å²) in [6, 6.07) is 9.56. The van der Waals surface area contributed by atoms with Crippen LogP contribution < -0.4 is 10.2 Å². The molecule has 2 aromatic rings. The van der Waals surface area contributed by atoms with Crippen molar-refractivity contribution >= 4 is 17.3 Å². The van der Waals surface area contributed by atoms with E-state index < -0.39 is 0 Å². The van der Waals surface area contributed by atoms with Gasteiger partial charge >= 0.3 is 0 Å². The lowest BCUT2D eigenvalue weighted by Gasteiger charge is -2.32. The first-order valence-corrected chi connectivity index (χ1v) is 7.90. The molecule has 1 amide bonds. The highest BCUT2D eigenvalue weighted by atomic mass is 19.1. The average Bonchev–Trinajstić information content (AvgIpc) is 2.56. The van der Waals surface area contributed by atoms with Gasteiger partial charge in [-0.25, -0.2) is 4.39 Å². The van der Waals surface area contributed by atoms with Gasteiger partial charge in [0.25, 0.3) is 5.91 Å². The molecule has 0 bridgehead atoms. The molecule has 3 rings (SSSR count). The normalized spacial score (nSPS) is 15.5. The van der Waals surface area contributed by atoms with Crippen molar-refractivity contribution in [1.29, 1.82) is 0 Å². The zero-order valence-electron chi connectivity index (χ0n) is 13.1. The van der Waals surface area contributed by atoms with Crippen LogP contribution in [0.5, 0.6) is 0 Å². The number of nitrogens with zero attached hydrogens (tertiary/aromatic N) is 2. The predicted octanol–water partition coefficient (Wildman–Crippen LogP) is 3.71. The lowest BCUT2D eigenvalue weighted by molar-refractivity contribution is 0.102. The number of hydrogen-bond acceptors (Lipinski definition) is 3. The van der Waals surface area contributed by atoms with Gasteiger partial charge in [0.05, 0.1) is 0 Å². The summed E-state index contributed by atoms with van der Waals surface area (Å²) in [7, 11) is 0. The van der Waals surface area contributed by atoms with Crippen LogP contribution in [0.4, 0.5) is 15.8 Å². The smallest absolute Gasteiger partial charge is 0.274 e. The monoisotopic (exact) mass is 313 g/mol. The number of hydrogen-bond donors (Lipinski definition) is 1. The molecule has 1 saturated heterocycles. The number of piperidine rings is 1. The second kappa shape index (κ2) is 6.77. The van der Waals surface area contributed by atoms with E-state index in [-0.39, 0.29) is 11.7 Å². The van der Waals surface area contributed by atoms with Crippen molar-refractivity contribution in [2.75, 3.05) is 23.3 Å². The molecule has 0 unspecified atom stereocenters. The molecule has 4 nitrogen and oxygen atoms in total. The average molecular weight is 313 g/mol. The Labute approximate surface area is 135 Å². The number of anilines is 2. The fraction of sp³-hybridized carbons (Fsp3) is 0.333. The number of pyridine rings is 1. The first-order chi connectivity index (χ1) is 11.1. The van der Waals surface area contributed by atoms with E-state index in [9.17, 15) is 9.18 Å². The van der Waals surface area contributed by atoms with Crippen molar-refractivity contribution in [3.63, 3.8) is 0 Å². The maximum absolute atomic E-state index is 13.2. The molecule has 0 saturated carbocycles. The molecule has 1 N–H and O–H groups in total. The maximum Gasteiger partial charge on any atom is 0.274 e. The third kappa shape index (κ3) is 3.86. The van der Waals surface area contributed by atoms with Gasteiger partial charge in [-0.3, -0.25) is 9.78 Å². The maximum atomic E-state index is 13.2. The van der Waals surface area contributed by atoms with Gasteiger partial charge in [0.15, 0.2) is 0 Å². The first kappa shape index (κ1) is 15.5. The van der Waals surface area contributed by atoms with E-state index in [0.717, 1.165) is 37.5 Å². The van der Waals surface area contributed by atoms with E-state index in [4.69, 9.17) is 0 Å². The van der Waals surface area contributed by atoms with E-state index in [1.165, 1.54) is 12.1 Å². The summed E-state index contributed by atoms with van der Waals surface area (Å²) in [5.41, 5.74) is 1.77. The Morgan fingerprint density at radius 3 is 2.78 bits per heavy atom. The predicted molar refractivity (Wildman–Crippen MR) is 89.2 cm³/mol. The van der Waals surface area contributed by atoms with Crippen molar-refractivity contribution in [3.8, 4) is 0 Å². The quantitative estimate of drug-likeness (QED) is 0.939. The molecule has 0 atom stereocenters. The van der Waals surface area contributed by atoms with Crippen molar-refractivity contribution < 1.29 is 9.18 Å². The minimum absolute atomic E-state index is 0.331. The van der Waals surface area contributed by atoms with Gasteiger partial charge < -0.3 is 10.2 Å². The molecular weight excluding hydrogens is 293 g/mol. The number of nitrogens with one attached hydrogen (secondary N) is 1. The van der Waals surface area contributed by atoms with Crippen LogP contribution in [-0.4, -0.2) is 24.0 Å². The highest BCUT2D eigenvalue weighted by molar-refractivity contribution is 6.03. The SMILES string of the molecule is CC1CCN(c2ccnc(C(=O)Nc3cccc(F)c3)c2)CC1. The fourth-order valence-electron chi connectivity index (χ4n) is 2.77. The standard InChI is InChI=1S/C18H20FN3O/c1-13-6-9-22(10-7-13)16-5-8-20-17(12-16)18(23)21-15-4-2-3-14(19)11-15/h2-5,8,11-13H,6-7,9-10H2,1H3,(H,21,23). The molecule has 0 radical (unpaired) electrons. The van der Waals surface area contributed by atoms with Gasteiger partial charge in [-0.05, 0) is 49.1 Å². The first-order valence-electron chi connectivity index (χ1n) is 7.90. The third-order valence-corrected chi connectivity index (χ3v) is 4.21. The lowest BCUT2D eigenvalue weighted by Crippen LogP contribution is -2.33. The second-order valence-electron chi connectivity index (χ2n) is 6.03. The molecular formula is C18H20FN3O. The summed E-state index contributed by atoms with van der Waals surface area (Å²) in [5, 5.41) is 2.68. The van der Waals surface area contributed by atoms with E-state index in [1.807, 2.05) is 6.07 Å². The van der Waals surface area contributed by atoms with Gasteiger partial charge in [-0.2, -0.15) is 0 Å². The Kier molecular flexibility index (Phi) is 4.55. The summed E-state index contributed by atoms with van der Waals surface area (Å²) in [5.74, 6) is 0.0404. The van der Waals surface area contributed by atoms with Gasteiger partial charge in [-0.15, -0.1) is 0 Å². The number of benzene rings is 1. The Balaban J connectivity index is 1.72. The van der Waals surface area contributed by atoms with Crippen LogP contribution in [-0.2, 0) is 0 Å². The molecule has 120 valence electrons. The minimum Gasteiger partial charge on any atom is -0.371 e. The summed E-state index contributed by atoms with van der Waals surface area (Å²) in [6.45, 7) is 4.26. The molecule has 2 heterocycles. The van der Waals surface area contributed by atoms with Crippen LogP contribution in [0.25, 0.3) is 0 Å². The molecule has 0 spiro atoms. The van der Waals surface area contributed by atoms with Crippen molar-refractivity contribution in [2.24, 2.45) is 5.92 Å². The number of carbonyl (C=O) groups excluding carboxylic acids is 1. The number of rotatable bonds is 3. The van der Waals surface area contributed by atoms with E-state index >= 15 is 0 Å². The van der Waals surface area contributed by atoms with E-state index in [0.29, 0.717) is 11.4 Å². The molecule has 0 aliphatic carbocycles. The van der Waals surface area contributed by atoms with Gasteiger partial charge in [0.2, 0.25) is 0 Å². The van der Waals surface area contributed by atoms with Gasteiger partial charge in [0, 0.05) is 30.7 Å². The highest BCUT2D eigenvalue weighted by Gasteiger charge is 2.17. The molecule has 1 aliphatic heterocycles. The van der Waals surface area contributed by atoms with Gasteiger partial charge in [-0.1, -0.05) is 13.0 Å². The fourth-order valence-corrected chi connectivity index (χ4v) is 2.77. The highest BCUT2D eigenvalue weighted by Crippen LogP contribution is 2.23. The largest absolute Gasteiger partial charge is 0.371 e. The van der Waals surface area contributed by atoms with Crippen LogP contribution in [0.15, 0.2) is 42.6 Å². The Morgan fingerprint density at radius 1 is 1.26 bits per heavy atom.